The molecule has 0 aliphatic carbocycles. The predicted molar refractivity (Wildman–Crippen MR) is 108 cm³/mol. The van der Waals surface area contributed by atoms with E-state index in [0.717, 1.165) is 27.7 Å². The van der Waals surface area contributed by atoms with Gasteiger partial charge in [-0.05, 0) is 49.6 Å². The Bertz CT molecular complexity index is 1130. The summed E-state index contributed by atoms with van der Waals surface area (Å²) >= 11 is 3.42. The summed E-state index contributed by atoms with van der Waals surface area (Å²) in [4.78, 5) is 12.3. The maximum atomic E-state index is 13.5. The van der Waals surface area contributed by atoms with Crippen molar-refractivity contribution in [2.24, 2.45) is 0 Å². The lowest BCUT2D eigenvalue weighted by molar-refractivity contribution is 0.112. The average molecular weight is 444 g/mol. The number of hydrogen-bond donors (Lipinski definition) is 0. The molecule has 1 aliphatic heterocycles. The number of benzene rings is 2. The molecular weight excluding hydrogens is 426 g/mol. The van der Waals surface area contributed by atoms with Crippen molar-refractivity contribution >= 4 is 32.1 Å². The van der Waals surface area contributed by atoms with Gasteiger partial charge in [0.15, 0.2) is 6.29 Å². The Hall–Kier alpha value is -2.18. The molecule has 3 aromatic rings. The van der Waals surface area contributed by atoms with Crippen LogP contribution in [0, 0.1) is 6.92 Å². The first-order chi connectivity index (χ1) is 12.9. The van der Waals surface area contributed by atoms with Crippen LogP contribution in [0.1, 0.15) is 28.0 Å². The van der Waals surface area contributed by atoms with Crippen molar-refractivity contribution in [1.29, 1.82) is 0 Å². The number of sulfone groups is 1. The number of carbonyl (C=O) groups excluding carboxylic acids is 1. The van der Waals surface area contributed by atoms with Crippen LogP contribution in [0.2, 0.25) is 0 Å². The van der Waals surface area contributed by atoms with E-state index in [9.17, 15) is 13.2 Å². The number of rotatable bonds is 4. The van der Waals surface area contributed by atoms with Crippen LogP contribution in [0.15, 0.2) is 62.8 Å². The standard InChI is InChI=1S/C21H18BrNO3S/c1-14-4-10-17(11-5-14)27(25,26)21-18(13-24)19-3-2-12-23(19)20(21)15-6-8-16(22)9-7-15/h4-11,13H,2-3,12H2,1H3. The fourth-order valence-corrected chi connectivity index (χ4v) is 5.64. The molecule has 0 radical (unpaired) electrons. The number of aromatic nitrogens is 1. The van der Waals surface area contributed by atoms with Gasteiger partial charge in [0, 0.05) is 16.7 Å². The Kier molecular flexibility index (Phi) is 4.56. The quantitative estimate of drug-likeness (QED) is 0.543. The molecule has 4 nitrogen and oxygen atoms in total. The van der Waals surface area contributed by atoms with Gasteiger partial charge in [-0.1, -0.05) is 45.8 Å². The van der Waals surface area contributed by atoms with Crippen molar-refractivity contribution in [3.8, 4) is 11.3 Å². The first-order valence-corrected chi connectivity index (χ1v) is 11.0. The number of halogens is 1. The summed E-state index contributed by atoms with van der Waals surface area (Å²) in [6.45, 7) is 2.62. The van der Waals surface area contributed by atoms with E-state index in [0.29, 0.717) is 30.5 Å². The molecule has 0 saturated heterocycles. The Morgan fingerprint density at radius 1 is 1.04 bits per heavy atom. The molecule has 0 N–H and O–H groups in total. The van der Waals surface area contributed by atoms with Crippen LogP contribution in [-0.2, 0) is 22.8 Å². The van der Waals surface area contributed by atoms with Crippen molar-refractivity contribution in [1.82, 2.24) is 4.57 Å². The summed E-state index contributed by atoms with van der Waals surface area (Å²) < 4.78 is 29.9. The highest BCUT2D eigenvalue weighted by atomic mass is 79.9. The zero-order valence-electron chi connectivity index (χ0n) is 14.8. The Morgan fingerprint density at radius 2 is 1.70 bits per heavy atom. The van der Waals surface area contributed by atoms with Gasteiger partial charge in [-0.3, -0.25) is 4.79 Å². The second-order valence-corrected chi connectivity index (χ2v) is 9.54. The molecule has 6 heteroatoms. The predicted octanol–water partition coefficient (Wildman–Crippen LogP) is 4.82. The number of carbonyl (C=O) groups is 1. The van der Waals surface area contributed by atoms with Gasteiger partial charge in [-0.2, -0.15) is 0 Å². The zero-order chi connectivity index (χ0) is 19.2. The third-order valence-electron chi connectivity index (χ3n) is 5.00. The third kappa shape index (κ3) is 2.97. The van der Waals surface area contributed by atoms with E-state index in [2.05, 4.69) is 15.9 Å². The smallest absolute Gasteiger partial charge is 0.209 e. The average Bonchev–Trinajstić information content (AvgIpc) is 3.23. The molecule has 0 bridgehead atoms. The lowest BCUT2D eigenvalue weighted by atomic mass is 10.1. The molecule has 1 aromatic heterocycles. The Labute approximate surface area is 166 Å². The molecule has 138 valence electrons. The Balaban J connectivity index is 2.04. The Morgan fingerprint density at radius 3 is 2.33 bits per heavy atom. The molecule has 1 aliphatic rings. The molecule has 0 amide bonds. The molecule has 0 fully saturated rings. The van der Waals surface area contributed by atoms with E-state index in [4.69, 9.17) is 0 Å². The highest BCUT2D eigenvalue weighted by Gasteiger charge is 2.34. The van der Waals surface area contributed by atoms with Crippen molar-refractivity contribution in [3.63, 3.8) is 0 Å². The van der Waals surface area contributed by atoms with Crippen LogP contribution >= 0.6 is 15.9 Å². The van der Waals surface area contributed by atoms with Crippen LogP contribution in [0.5, 0.6) is 0 Å². The summed E-state index contributed by atoms with van der Waals surface area (Å²) in [5.41, 5.74) is 3.49. The molecular formula is C21H18BrNO3S. The molecule has 0 spiro atoms. The summed E-state index contributed by atoms with van der Waals surface area (Å²) in [5.74, 6) is 0. The third-order valence-corrected chi connectivity index (χ3v) is 7.37. The van der Waals surface area contributed by atoms with E-state index >= 15 is 0 Å². The van der Waals surface area contributed by atoms with Crippen LogP contribution in [0.4, 0.5) is 0 Å². The molecule has 27 heavy (non-hydrogen) atoms. The fraction of sp³-hybridized carbons (Fsp3) is 0.190. The summed E-state index contributed by atoms with van der Waals surface area (Å²) in [6.07, 6.45) is 2.31. The lowest BCUT2D eigenvalue weighted by Crippen LogP contribution is -2.07. The molecule has 0 saturated carbocycles. The lowest BCUT2D eigenvalue weighted by Gasteiger charge is -2.11. The second-order valence-electron chi connectivity index (χ2n) is 6.73. The topological polar surface area (TPSA) is 56.1 Å². The van der Waals surface area contributed by atoms with Crippen LogP contribution < -0.4 is 0 Å². The number of aryl methyl sites for hydroxylation is 1. The minimum atomic E-state index is -3.83. The first kappa shape index (κ1) is 18.2. The van der Waals surface area contributed by atoms with Gasteiger partial charge in [0.2, 0.25) is 9.84 Å². The maximum absolute atomic E-state index is 13.5. The molecule has 0 unspecified atom stereocenters. The first-order valence-electron chi connectivity index (χ1n) is 8.71. The van der Waals surface area contributed by atoms with E-state index < -0.39 is 9.84 Å². The van der Waals surface area contributed by atoms with Crippen LogP contribution in [0.25, 0.3) is 11.3 Å². The van der Waals surface area contributed by atoms with Crippen LogP contribution in [0.3, 0.4) is 0 Å². The van der Waals surface area contributed by atoms with Gasteiger partial charge < -0.3 is 4.57 Å². The molecule has 0 atom stereocenters. The second kappa shape index (κ2) is 6.77. The van der Waals surface area contributed by atoms with E-state index in [1.165, 1.54) is 0 Å². The van der Waals surface area contributed by atoms with E-state index in [1.807, 2.05) is 35.8 Å². The fourth-order valence-electron chi connectivity index (χ4n) is 3.71. The van der Waals surface area contributed by atoms with Gasteiger partial charge in [0.1, 0.15) is 4.90 Å². The number of aldehydes is 1. The number of nitrogens with zero attached hydrogens (tertiary/aromatic N) is 1. The summed E-state index contributed by atoms with van der Waals surface area (Å²) in [6, 6.07) is 14.3. The van der Waals surface area contributed by atoms with Crippen LogP contribution in [-0.4, -0.2) is 19.3 Å². The maximum Gasteiger partial charge on any atom is 0.209 e. The number of hydrogen-bond acceptors (Lipinski definition) is 3. The molecule has 2 heterocycles. The van der Waals surface area contributed by atoms with Gasteiger partial charge in [-0.15, -0.1) is 0 Å². The minimum absolute atomic E-state index is 0.123. The van der Waals surface area contributed by atoms with Crippen molar-refractivity contribution in [3.05, 3.63) is 69.8 Å². The summed E-state index contributed by atoms with van der Waals surface area (Å²) in [7, 11) is -3.83. The molecule has 2 aromatic carbocycles. The zero-order valence-corrected chi connectivity index (χ0v) is 17.2. The highest BCUT2D eigenvalue weighted by molar-refractivity contribution is 9.10. The van der Waals surface area contributed by atoms with Gasteiger partial charge in [0.05, 0.1) is 16.2 Å². The highest BCUT2D eigenvalue weighted by Crippen LogP contribution is 2.40. The number of fused-ring (bicyclic) bond motifs is 1. The van der Waals surface area contributed by atoms with Gasteiger partial charge in [0.25, 0.3) is 0 Å². The normalized spacial score (nSPS) is 13.6. The minimum Gasteiger partial charge on any atom is -0.343 e. The monoisotopic (exact) mass is 443 g/mol. The van der Waals surface area contributed by atoms with Gasteiger partial charge in [-0.25, -0.2) is 8.42 Å². The summed E-state index contributed by atoms with van der Waals surface area (Å²) in [5, 5.41) is 0. The SMILES string of the molecule is Cc1ccc(S(=O)(=O)c2c(C=O)c3n(c2-c2ccc(Br)cc2)CCC3)cc1. The van der Waals surface area contributed by atoms with E-state index in [-0.39, 0.29) is 9.79 Å². The van der Waals surface area contributed by atoms with Crippen molar-refractivity contribution in [2.75, 3.05) is 0 Å². The van der Waals surface area contributed by atoms with Crippen molar-refractivity contribution in [2.45, 2.75) is 36.1 Å². The molecule has 4 rings (SSSR count). The largest absolute Gasteiger partial charge is 0.343 e. The van der Waals surface area contributed by atoms with Gasteiger partial charge >= 0.3 is 0 Å². The van der Waals surface area contributed by atoms with Crippen molar-refractivity contribution < 1.29 is 13.2 Å². The van der Waals surface area contributed by atoms with E-state index in [1.54, 1.807) is 24.3 Å².